The standard InChI is InChI=1S/C13H18N4O4/c1-3-20-12(18)8-21-10-5-4-9(6-11(10)19-2)7-16-17-13(14)15/h4-7H,3,8H2,1-2H3,(H4,14,15,17). The van der Waals surface area contributed by atoms with E-state index >= 15 is 0 Å². The van der Waals surface area contributed by atoms with E-state index in [9.17, 15) is 4.79 Å². The van der Waals surface area contributed by atoms with Crippen molar-refractivity contribution in [2.75, 3.05) is 20.3 Å². The molecule has 0 fully saturated rings. The Hall–Kier alpha value is -2.77. The minimum absolute atomic E-state index is 0.132. The lowest BCUT2D eigenvalue weighted by molar-refractivity contribution is -0.145. The zero-order chi connectivity index (χ0) is 15.7. The van der Waals surface area contributed by atoms with Gasteiger partial charge in [-0.3, -0.25) is 0 Å². The molecule has 0 saturated carbocycles. The normalized spacial score (nSPS) is 10.2. The Morgan fingerprint density at radius 3 is 2.71 bits per heavy atom. The third-order valence-corrected chi connectivity index (χ3v) is 2.22. The predicted octanol–water partition coefficient (Wildman–Crippen LogP) is 0.244. The number of carbonyl (C=O) groups excluding carboxylic acids is 1. The van der Waals surface area contributed by atoms with Gasteiger partial charge in [0.1, 0.15) is 0 Å². The van der Waals surface area contributed by atoms with Crippen LogP contribution in [0.4, 0.5) is 0 Å². The van der Waals surface area contributed by atoms with Crippen LogP contribution in [0.2, 0.25) is 0 Å². The molecule has 8 heteroatoms. The third kappa shape index (κ3) is 5.81. The van der Waals surface area contributed by atoms with Crippen molar-refractivity contribution in [2.24, 2.45) is 21.7 Å². The maximum absolute atomic E-state index is 11.2. The van der Waals surface area contributed by atoms with E-state index < -0.39 is 5.97 Å². The molecule has 0 amide bonds. The Kier molecular flexibility index (Phi) is 6.52. The molecule has 21 heavy (non-hydrogen) atoms. The average Bonchev–Trinajstić information content (AvgIpc) is 2.45. The van der Waals surface area contributed by atoms with Crippen molar-refractivity contribution < 1.29 is 19.0 Å². The number of guanidine groups is 1. The molecule has 0 heterocycles. The lowest BCUT2D eigenvalue weighted by atomic mass is 10.2. The van der Waals surface area contributed by atoms with Crippen LogP contribution in [-0.4, -0.2) is 38.5 Å². The summed E-state index contributed by atoms with van der Waals surface area (Å²) < 4.78 is 15.3. The summed E-state index contributed by atoms with van der Waals surface area (Å²) in [5.74, 6) is 0.294. The van der Waals surface area contributed by atoms with E-state index in [0.29, 0.717) is 23.7 Å². The second kappa shape index (κ2) is 8.41. The monoisotopic (exact) mass is 294 g/mol. The molecule has 114 valence electrons. The fourth-order valence-corrected chi connectivity index (χ4v) is 1.39. The van der Waals surface area contributed by atoms with Crippen LogP contribution >= 0.6 is 0 Å². The van der Waals surface area contributed by atoms with Gasteiger partial charge in [0.05, 0.1) is 19.9 Å². The van der Waals surface area contributed by atoms with Gasteiger partial charge in [-0.2, -0.15) is 5.10 Å². The molecular formula is C13H18N4O4. The fraction of sp³-hybridized carbons (Fsp3) is 0.308. The number of benzene rings is 1. The number of ether oxygens (including phenoxy) is 3. The molecular weight excluding hydrogens is 276 g/mol. The van der Waals surface area contributed by atoms with Gasteiger partial charge < -0.3 is 25.7 Å². The van der Waals surface area contributed by atoms with E-state index in [2.05, 4.69) is 10.2 Å². The first-order valence-electron chi connectivity index (χ1n) is 6.15. The van der Waals surface area contributed by atoms with Crippen LogP contribution in [0.15, 0.2) is 28.4 Å². The van der Waals surface area contributed by atoms with Crippen molar-refractivity contribution in [1.82, 2.24) is 0 Å². The van der Waals surface area contributed by atoms with Crippen molar-refractivity contribution >= 4 is 18.1 Å². The first-order chi connectivity index (χ1) is 10.1. The first-order valence-corrected chi connectivity index (χ1v) is 6.15. The van der Waals surface area contributed by atoms with Gasteiger partial charge in [-0.1, -0.05) is 0 Å². The Morgan fingerprint density at radius 2 is 2.10 bits per heavy atom. The second-order valence-corrected chi connectivity index (χ2v) is 3.77. The largest absolute Gasteiger partial charge is 0.493 e. The number of methoxy groups -OCH3 is 1. The molecule has 1 aromatic rings. The summed E-state index contributed by atoms with van der Waals surface area (Å²) in [6, 6.07) is 5.04. The van der Waals surface area contributed by atoms with Gasteiger partial charge in [-0.05, 0) is 30.7 Å². The average molecular weight is 294 g/mol. The Balaban J connectivity index is 2.77. The van der Waals surface area contributed by atoms with E-state index in [1.807, 2.05) is 0 Å². The van der Waals surface area contributed by atoms with E-state index in [0.717, 1.165) is 0 Å². The third-order valence-electron chi connectivity index (χ3n) is 2.22. The topological polar surface area (TPSA) is 122 Å². The Labute approximate surface area is 122 Å². The van der Waals surface area contributed by atoms with Gasteiger partial charge in [0.15, 0.2) is 18.1 Å². The minimum atomic E-state index is -0.446. The van der Waals surface area contributed by atoms with Crippen LogP contribution in [-0.2, 0) is 9.53 Å². The number of carbonyl (C=O) groups is 1. The quantitative estimate of drug-likeness (QED) is 0.321. The van der Waals surface area contributed by atoms with Gasteiger partial charge in [0.2, 0.25) is 5.96 Å². The number of nitrogens with zero attached hydrogens (tertiary/aromatic N) is 2. The molecule has 0 aliphatic heterocycles. The molecule has 0 atom stereocenters. The highest BCUT2D eigenvalue weighted by Crippen LogP contribution is 2.27. The number of hydrogen-bond acceptors (Lipinski definition) is 6. The molecule has 4 N–H and O–H groups in total. The van der Waals surface area contributed by atoms with Crippen LogP contribution in [0, 0.1) is 0 Å². The summed E-state index contributed by atoms with van der Waals surface area (Å²) >= 11 is 0. The molecule has 0 aromatic heterocycles. The number of rotatable bonds is 7. The molecule has 0 spiro atoms. The fourth-order valence-electron chi connectivity index (χ4n) is 1.39. The second-order valence-electron chi connectivity index (χ2n) is 3.77. The van der Waals surface area contributed by atoms with Gasteiger partial charge in [-0.15, -0.1) is 5.10 Å². The Bertz CT molecular complexity index is 539. The van der Waals surface area contributed by atoms with Crippen LogP contribution in [0.25, 0.3) is 0 Å². The van der Waals surface area contributed by atoms with Crippen LogP contribution in [0.5, 0.6) is 11.5 Å². The SMILES string of the molecule is CCOC(=O)COc1ccc(C=NN=C(N)N)cc1OC. The summed E-state index contributed by atoms with van der Waals surface area (Å²) in [4.78, 5) is 11.2. The summed E-state index contributed by atoms with van der Waals surface area (Å²) in [6.45, 7) is 1.84. The zero-order valence-electron chi connectivity index (χ0n) is 11.9. The van der Waals surface area contributed by atoms with E-state index in [4.69, 9.17) is 25.7 Å². The molecule has 0 unspecified atom stereocenters. The predicted molar refractivity (Wildman–Crippen MR) is 78.5 cm³/mol. The molecule has 0 bridgehead atoms. The van der Waals surface area contributed by atoms with E-state index in [1.165, 1.54) is 13.3 Å². The van der Waals surface area contributed by atoms with Gasteiger partial charge in [0.25, 0.3) is 0 Å². The maximum atomic E-state index is 11.2. The van der Waals surface area contributed by atoms with Crippen LogP contribution < -0.4 is 20.9 Å². The summed E-state index contributed by atoms with van der Waals surface area (Å²) in [7, 11) is 1.49. The number of esters is 1. The van der Waals surface area contributed by atoms with Crippen LogP contribution in [0.1, 0.15) is 12.5 Å². The van der Waals surface area contributed by atoms with Crippen molar-refractivity contribution in [3.05, 3.63) is 23.8 Å². The molecule has 0 radical (unpaired) electrons. The lowest BCUT2D eigenvalue weighted by Gasteiger charge is -2.10. The maximum Gasteiger partial charge on any atom is 0.344 e. The van der Waals surface area contributed by atoms with Gasteiger partial charge in [0, 0.05) is 0 Å². The summed E-state index contributed by atoms with van der Waals surface area (Å²) in [6.07, 6.45) is 1.46. The van der Waals surface area contributed by atoms with E-state index in [-0.39, 0.29) is 12.6 Å². The van der Waals surface area contributed by atoms with Crippen LogP contribution in [0.3, 0.4) is 0 Å². The van der Waals surface area contributed by atoms with Crippen molar-refractivity contribution in [2.45, 2.75) is 6.92 Å². The molecule has 0 saturated heterocycles. The van der Waals surface area contributed by atoms with Crippen molar-refractivity contribution in [1.29, 1.82) is 0 Å². The molecule has 1 aromatic carbocycles. The molecule has 8 nitrogen and oxygen atoms in total. The lowest BCUT2D eigenvalue weighted by Crippen LogP contribution is -2.21. The molecule has 0 aliphatic carbocycles. The molecule has 1 rings (SSSR count). The summed E-state index contributed by atoms with van der Waals surface area (Å²) in [5.41, 5.74) is 11.0. The summed E-state index contributed by atoms with van der Waals surface area (Å²) in [5, 5.41) is 7.17. The minimum Gasteiger partial charge on any atom is -0.493 e. The molecule has 0 aliphatic rings. The highest BCUT2D eigenvalue weighted by Gasteiger charge is 2.08. The van der Waals surface area contributed by atoms with Crippen molar-refractivity contribution in [3.8, 4) is 11.5 Å². The van der Waals surface area contributed by atoms with Gasteiger partial charge in [-0.25, -0.2) is 4.79 Å². The number of hydrogen-bond donors (Lipinski definition) is 2. The smallest absolute Gasteiger partial charge is 0.344 e. The van der Waals surface area contributed by atoms with Gasteiger partial charge >= 0.3 is 5.97 Å². The highest BCUT2D eigenvalue weighted by atomic mass is 16.6. The highest BCUT2D eigenvalue weighted by molar-refractivity contribution is 5.82. The van der Waals surface area contributed by atoms with E-state index in [1.54, 1.807) is 25.1 Å². The number of nitrogens with two attached hydrogens (primary N) is 2. The zero-order valence-corrected chi connectivity index (χ0v) is 11.9. The first kappa shape index (κ1) is 16.3. The van der Waals surface area contributed by atoms with Crippen molar-refractivity contribution in [3.63, 3.8) is 0 Å². The Morgan fingerprint density at radius 1 is 1.33 bits per heavy atom.